The van der Waals surface area contributed by atoms with Crippen LogP contribution in [-0.2, 0) is 4.79 Å². The Labute approximate surface area is 76.2 Å². The fraction of sp³-hybridized carbons (Fsp3) is 0.100. The van der Waals surface area contributed by atoms with Crippen LogP contribution in [0.5, 0.6) is 0 Å². The Bertz CT molecular complexity index is 58.2. The molecule has 0 atom stereocenters. The molecule has 72 valence electrons. The maximum atomic E-state index is 9.00. The molecule has 0 radical (unpaired) electrons. The van der Waals surface area contributed by atoms with Crippen LogP contribution in [0.15, 0.2) is 52.6 Å². The average molecular weight is 172 g/mol. The van der Waals surface area contributed by atoms with Crippen LogP contribution in [0.25, 0.3) is 0 Å². The topological polar surface area (TPSA) is 37.3 Å². The summed E-state index contributed by atoms with van der Waals surface area (Å²) in [4.78, 5) is 9.00. The Balaban J connectivity index is -0.0000000181. The van der Waals surface area contributed by atoms with Gasteiger partial charge in [0.05, 0.1) is 0 Å². The minimum atomic E-state index is -0.833. The van der Waals surface area contributed by atoms with Gasteiger partial charge in [0, 0.05) is 6.92 Å². The smallest absolute Gasteiger partial charge is 0.300 e. The third kappa shape index (κ3) is 189. The molecule has 12 heavy (non-hydrogen) atoms. The summed E-state index contributed by atoms with van der Waals surface area (Å²) in [6.07, 6.45) is 0. The van der Waals surface area contributed by atoms with Crippen LogP contribution in [0, 0.1) is 0 Å². The van der Waals surface area contributed by atoms with Gasteiger partial charge in [0.2, 0.25) is 0 Å². The van der Waals surface area contributed by atoms with Gasteiger partial charge in [-0.05, 0) is 0 Å². The van der Waals surface area contributed by atoms with Crippen molar-refractivity contribution in [3.63, 3.8) is 0 Å². The second-order valence-electron chi connectivity index (χ2n) is 0.519. The highest BCUT2D eigenvalue weighted by molar-refractivity contribution is 5.62. The molecule has 0 bridgehead atoms. The van der Waals surface area contributed by atoms with Gasteiger partial charge in [-0.3, -0.25) is 4.79 Å². The largest absolute Gasteiger partial charge is 0.481 e. The molecule has 0 saturated heterocycles. The van der Waals surface area contributed by atoms with Gasteiger partial charge in [-0.15, -0.1) is 52.6 Å². The highest BCUT2D eigenvalue weighted by Gasteiger charge is 1.65. The van der Waals surface area contributed by atoms with Crippen molar-refractivity contribution in [1.82, 2.24) is 0 Å². The molecular weight excluding hydrogens is 152 g/mol. The summed E-state index contributed by atoms with van der Waals surface area (Å²) in [6, 6.07) is 0. The summed E-state index contributed by atoms with van der Waals surface area (Å²) >= 11 is 0. The lowest BCUT2D eigenvalue weighted by atomic mass is 10.9. The first kappa shape index (κ1) is 31.5. The van der Waals surface area contributed by atoms with E-state index in [2.05, 4.69) is 52.6 Å². The van der Waals surface area contributed by atoms with Crippen LogP contribution in [0.1, 0.15) is 6.92 Å². The Morgan fingerprint density at radius 1 is 0.833 bits per heavy atom. The zero-order valence-corrected chi connectivity index (χ0v) is 8.01. The lowest BCUT2D eigenvalue weighted by Gasteiger charge is -1.59. The molecule has 0 heterocycles. The molecule has 0 aliphatic heterocycles. The first-order chi connectivity index (χ1) is 5.73. The van der Waals surface area contributed by atoms with Crippen molar-refractivity contribution in [3.05, 3.63) is 52.6 Å². The highest BCUT2D eigenvalue weighted by atomic mass is 16.4. The van der Waals surface area contributed by atoms with Crippen molar-refractivity contribution in [3.8, 4) is 0 Å². The lowest BCUT2D eigenvalue weighted by Crippen LogP contribution is -1.78. The molecule has 0 aliphatic rings. The quantitative estimate of drug-likeness (QED) is 0.569. The van der Waals surface area contributed by atoms with E-state index >= 15 is 0 Å². The van der Waals surface area contributed by atoms with E-state index in [1.54, 1.807) is 0 Å². The van der Waals surface area contributed by atoms with E-state index in [0.717, 1.165) is 6.92 Å². The summed E-state index contributed by atoms with van der Waals surface area (Å²) in [5, 5.41) is 7.42. The number of carboxylic acid groups (broad SMARTS) is 1. The Hall–Kier alpha value is -1.57. The van der Waals surface area contributed by atoms with E-state index < -0.39 is 5.97 Å². The SMILES string of the molecule is C=C.C=C.C=C.C=C.CC(=O)O. The number of hydrogen-bond acceptors (Lipinski definition) is 1. The Morgan fingerprint density at radius 2 is 0.833 bits per heavy atom. The standard InChI is InChI=1S/C2H4O2.4C2H4/c1-2(3)4;4*1-2/h1H3,(H,3,4);4*1-2H2. The van der Waals surface area contributed by atoms with Crippen molar-refractivity contribution in [2.75, 3.05) is 0 Å². The van der Waals surface area contributed by atoms with Crippen LogP contribution in [-0.4, -0.2) is 11.1 Å². The maximum absolute atomic E-state index is 9.00. The Kier molecular flexibility index (Phi) is 859. The molecule has 2 nitrogen and oxygen atoms in total. The van der Waals surface area contributed by atoms with Gasteiger partial charge in [0.1, 0.15) is 0 Å². The van der Waals surface area contributed by atoms with Crippen molar-refractivity contribution in [1.29, 1.82) is 0 Å². The van der Waals surface area contributed by atoms with Gasteiger partial charge in [-0.1, -0.05) is 0 Å². The van der Waals surface area contributed by atoms with Crippen molar-refractivity contribution >= 4 is 5.97 Å². The van der Waals surface area contributed by atoms with Crippen LogP contribution in [0.2, 0.25) is 0 Å². The number of rotatable bonds is 0. The third-order valence-electron chi connectivity index (χ3n) is 0. The maximum Gasteiger partial charge on any atom is 0.300 e. The molecule has 0 aliphatic carbocycles. The number of hydrogen-bond donors (Lipinski definition) is 1. The number of carboxylic acids is 1. The summed E-state index contributed by atoms with van der Waals surface area (Å²) < 4.78 is 0. The first-order valence-electron chi connectivity index (χ1n) is 2.93. The average Bonchev–Trinajstić information content (AvgIpc) is 2.16. The highest BCUT2D eigenvalue weighted by Crippen LogP contribution is 1.42. The normalized spacial score (nSPS) is 3.42. The summed E-state index contributed by atoms with van der Waals surface area (Å²) in [6.45, 7) is 25.1. The molecule has 0 unspecified atom stereocenters. The van der Waals surface area contributed by atoms with E-state index in [9.17, 15) is 0 Å². The second-order valence-corrected chi connectivity index (χ2v) is 0.519. The summed E-state index contributed by atoms with van der Waals surface area (Å²) in [5.74, 6) is -0.833. The van der Waals surface area contributed by atoms with E-state index in [1.165, 1.54) is 0 Å². The van der Waals surface area contributed by atoms with Crippen LogP contribution in [0.3, 0.4) is 0 Å². The van der Waals surface area contributed by atoms with Gasteiger partial charge < -0.3 is 5.11 Å². The molecule has 0 aromatic heterocycles. The molecule has 0 aromatic carbocycles. The minimum Gasteiger partial charge on any atom is -0.481 e. The predicted molar refractivity (Wildman–Crippen MR) is 58.3 cm³/mol. The van der Waals surface area contributed by atoms with E-state index in [1.807, 2.05) is 0 Å². The van der Waals surface area contributed by atoms with Crippen LogP contribution < -0.4 is 0 Å². The first-order valence-corrected chi connectivity index (χ1v) is 2.93. The summed E-state index contributed by atoms with van der Waals surface area (Å²) in [5.41, 5.74) is 0. The summed E-state index contributed by atoms with van der Waals surface area (Å²) in [7, 11) is 0. The number of carbonyl (C=O) groups is 1. The fourth-order valence-corrected chi connectivity index (χ4v) is 0. The fourth-order valence-electron chi connectivity index (χ4n) is 0. The number of aliphatic carboxylic acids is 1. The zero-order chi connectivity index (χ0) is 11.6. The van der Waals surface area contributed by atoms with Gasteiger partial charge in [-0.25, -0.2) is 0 Å². The monoisotopic (exact) mass is 172 g/mol. The van der Waals surface area contributed by atoms with E-state index in [0.29, 0.717) is 0 Å². The van der Waals surface area contributed by atoms with Crippen molar-refractivity contribution in [2.45, 2.75) is 6.92 Å². The van der Waals surface area contributed by atoms with Gasteiger partial charge >= 0.3 is 0 Å². The third-order valence-corrected chi connectivity index (χ3v) is 0. The van der Waals surface area contributed by atoms with Gasteiger partial charge in [-0.2, -0.15) is 0 Å². The lowest BCUT2D eigenvalue weighted by molar-refractivity contribution is -0.134. The molecule has 2 heteroatoms. The molecule has 0 spiro atoms. The molecule has 1 N–H and O–H groups in total. The van der Waals surface area contributed by atoms with Crippen molar-refractivity contribution < 1.29 is 9.90 Å². The van der Waals surface area contributed by atoms with Crippen molar-refractivity contribution in [2.24, 2.45) is 0 Å². The van der Waals surface area contributed by atoms with E-state index in [-0.39, 0.29) is 0 Å². The molecule has 0 rings (SSSR count). The Morgan fingerprint density at radius 3 is 0.833 bits per heavy atom. The van der Waals surface area contributed by atoms with Crippen LogP contribution >= 0.6 is 0 Å². The molecule has 0 amide bonds. The van der Waals surface area contributed by atoms with Crippen LogP contribution in [0.4, 0.5) is 0 Å². The molecule has 0 fully saturated rings. The molecule has 0 aromatic rings. The zero-order valence-electron chi connectivity index (χ0n) is 8.01. The second kappa shape index (κ2) is 328. The van der Waals surface area contributed by atoms with Gasteiger partial charge in [0.15, 0.2) is 0 Å². The molecular formula is C10H20O2. The van der Waals surface area contributed by atoms with E-state index in [4.69, 9.17) is 9.90 Å². The predicted octanol–water partition coefficient (Wildman–Crippen LogP) is 3.30. The minimum absolute atomic E-state index is 0.833. The molecule has 0 saturated carbocycles. The van der Waals surface area contributed by atoms with Gasteiger partial charge in [0.25, 0.3) is 5.97 Å².